The van der Waals surface area contributed by atoms with Crippen molar-refractivity contribution in [2.45, 2.75) is 115 Å². The number of hydrogen-bond donors (Lipinski definition) is 4. The fourth-order valence-electron chi connectivity index (χ4n) is 6.84. The van der Waals surface area contributed by atoms with Crippen LogP contribution in [0.4, 0.5) is 0 Å². The number of phenolic OH excluding ortho intramolecular Hbond substituents is 1. The van der Waals surface area contributed by atoms with Gasteiger partial charge in [-0.3, -0.25) is 14.4 Å². The third-order valence-electron chi connectivity index (χ3n) is 10.8. The van der Waals surface area contributed by atoms with Crippen LogP contribution in [0.25, 0.3) is 0 Å². The summed E-state index contributed by atoms with van der Waals surface area (Å²) in [6.07, 6.45) is 4.19. The lowest BCUT2D eigenvalue weighted by Gasteiger charge is -2.35. The average molecular weight is 845 g/mol. The van der Waals surface area contributed by atoms with Crippen molar-refractivity contribution in [3.8, 4) is 5.75 Å². The number of ether oxygens (including phenoxy) is 3. The second-order valence-electron chi connectivity index (χ2n) is 15.7. The van der Waals surface area contributed by atoms with Gasteiger partial charge in [-0.25, -0.2) is 4.79 Å². The molecule has 14 heteroatoms. The van der Waals surface area contributed by atoms with E-state index in [4.69, 9.17) is 37.4 Å². The Hall–Kier alpha value is -4.20. The number of likely N-dealkylation sites (N-methyl/N-ethyl adjacent to an activating group) is 1. The number of benzene rings is 2. The van der Waals surface area contributed by atoms with Gasteiger partial charge in [-0.15, -0.1) is 6.58 Å². The van der Waals surface area contributed by atoms with E-state index in [1.165, 1.54) is 37.9 Å². The molecule has 0 spiro atoms. The molecule has 1 aliphatic heterocycles. The minimum atomic E-state index is -1.84. The number of amides is 3. The van der Waals surface area contributed by atoms with Crippen molar-refractivity contribution in [2.75, 3.05) is 14.2 Å². The number of aromatic hydroxyl groups is 1. The molecule has 0 bridgehead atoms. The zero-order valence-corrected chi connectivity index (χ0v) is 36.4. The number of nitrogens with zero attached hydrogens (tertiary/aromatic N) is 1. The zero-order chi connectivity index (χ0) is 43.7. The van der Waals surface area contributed by atoms with E-state index in [9.17, 15) is 29.4 Å². The third kappa shape index (κ3) is 11.9. The van der Waals surface area contributed by atoms with Crippen LogP contribution < -0.4 is 10.6 Å². The first-order chi connectivity index (χ1) is 27.1. The number of rotatable bonds is 21. The Bertz CT molecular complexity index is 1810. The highest BCUT2D eigenvalue weighted by Gasteiger charge is 2.61. The standard InChI is InChI=1S/C44H59Cl2N3O9/c1-12-18-27(6)33(56-11)24-34-44(9,58-34)42(54)49(10)35(25(4)13-2)40(52)47-32(23-28-21-30(45)36(50)31(46)22-28)39(51)48-38(43(7,8)55)41(53)57-37(26(5)14-3)29-19-16-15-17-20-29/h12,14-22,25-26,32-35,37-38,50,55H,1,3,13,23-24H2,2,4-11H3,(H,47,52)(H,48,51)/b27-18+/t25-,26?,32+,33+,34-,35-,37?,38-,44+/m0/s1. The fourth-order valence-corrected chi connectivity index (χ4v) is 7.37. The van der Waals surface area contributed by atoms with E-state index in [0.29, 0.717) is 24.0 Å². The van der Waals surface area contributed by atoms with E-state index >= 15 is 0 Å². The van der Waals surface area contributed by atoms with E-state index in [1.807, 2.05) is 39.8 Å². The molecule has 3 amide bonds. The first-order valence-electron chi connectivity index (χ1n) is 19.3. The molecule has 1 aliphatic rings. The van der Waals surface area contributed by atoms with Crippen molar-refractivity contribution < 1.29 is 43.6 Å². The van der Waals surface area contributed by atoms with Crippen molar-refractivity contribution in [3.63, 3.8) is 0 Å². The topological polar surface area (TPSA) is 167 Å². The number of aliphatic hydroxyl groups is 1. The highest BCUT2D eigenvalue weighted by Crippen LogP contribution is 2.42. The molecule has 2 aromatic carbocycles. The second kappa shape index (κ2) is 20.7. The van der Waals surface area contributed by atoms with Crippen molar-refractivity contribution in [3.05, 3.63) is 101 Å². The van der Waals surface area contributed by atoms with Crippen LogP contribution in [0.2, 0.25) is 10.0 Å². The number of methoxy groups -OCH3 is 1. The lowest BCUT2D eigenvalue weighted by atomic mass is 9.93. The molecule has 58 heavy (non-hydrogen) atoms. The number of hydrogen-bond acceptors (Lipinski definition) is 9. The predicted molar refractivity (Wildman–Crippen MR) is 225 cm³/mol. The SMILES string of the molecule is C=C/C=C(\C)[C@@H](C[C@@H]1O[C@@]1(C)C(=O)N(C)[C@H](C(=O)N[C@H](Cc1cc(Cl)c(O)c(Cl)c1)C(=O)N[C@@H](C(=O)OC(c1ccccc1)C(C)C=C)C(C)(C)O)[C@@H](C)CC)OC. The molecule has 318 valence electrons. The van der Waals surface area contributed by atoms with E-state index in [0.717, 1.165) is 5.57 Å². The van der Waals surface area contributed by atoms with Gasteiger partial charge in [-0.05, 0) is 62.4 Å². The van der Waals surface area contributed by atoms with Crippen molar-refractivity contribution >= 4 is 46.9 Å². The maximum atomic E-state index is 14.4. The molecule has 0 aliphatic carbocycles. The van der Waals surface area contributed by atoms with Crippen LogP contribution in [0.15, 0.2) is 79.4 Å². The summed E-state index contributed by atoms with van der Waals surface area (Å²) < 4.78 is 17.5. The Kier molecular flexibility index (Phi) is 17.2. The van der Waals surface area contributed by atoms with E-state index in [-0.39, 0.29) is 40.2 Å². The average Bonchev–Trinajstić information content (AvgIpc) is 3.85. The molecule has 3 rings (SSSR count). The number of carbonyl (C=O) groups is 4. The molecule has 2 unspecified atom stereocenters. The molecular formula is C44H59Cl2N3O9. The number of halogens is 2. The van der Waals surface area contributed by atoms with Gasteiger partial charge in [-0.2, -0.15) is 0 Å². The molecule has 0 radical (unpaired) electrons. The Morgan fingerprint density at radius 3 is 2.19 bits per heavy atom. The van der Waals surface area contributed by atoms with Gasteiger partial charge in [0.2, 0.25) is 11.8 Å². The number of esters is 1. The maximum absolute atomic E-state index is 14.4. The van der Waals surface area contributed by atoms with Crippen molar-refractivity contribution in [1.29, 1.82) is 0 Å². The van der Waals surface area contributed by atoms with Crippen LogP contribution in [0.3, 0.4) is 0 Å². The Labute approximate surface area is 352 Å². The Balaban J connectivity index is 1.97. The van der Waals surface area contributed by atoms with Crippen LogP contribution in [-0.4, -0.2) is 94.5 Å². The van der Waals surface area contributed by atoms with E-state index < -0.39 is 65.2 Å². The summed E-state index contributed by atoms with van der Waals surface area (Å²) in [5.41, 5.74) is -1.12. The van der Waals surface area contributed by atoms with Gasteiger partial charge in [0, 0.05) is 32.9 Å². The number of nitrogens with one attached hydrogen (secondary N) is 2. The summed E-state index contributed by atoms with van der Waals surface area (Å²) >= 11 is 12.5. The summed E-state index contributed by atoms with van der Waals surface area (Å²) in [4.78, 5) is 58.1. The van der Waals surface area contributed by atoms with Crippen molar-refractivity contribution in [1.82, 2.24) is 15.5 Å². The Morgan fingerprint density at radius 1 is 1.07 bits per heavy atom. The number of phenols is 1. The molecule has 12 nitrogen and oxygen atoms in total. The van der Waals surface area contributed by atoms with Crippen LogP contribution in [0.1, 0.15) is 78.5 Å². The van der Waals surface area contributed by atoms with Gasteiger partial charge in [0.25, 0.3) is 5.91 Å². The summed E-state index contributed by atoms with van der Waals surface area (Å²) in [6.45, 7) is 19.3. The van der Waals surface area contributed by atoms with Crippen molar-refractivity contribution in [2.24, 2.45) is 11.8 Å². The number of allylic oxidation sites excluding steroid dienone is 2. The molecule has 1 saturated heterocycles. The van der Waals surface area contributed by atoms with Gasteiger partial charge < -0.3 is 40.0 Å². The summed E-state index contributed by atoms with van der Waals surface area (Å²) in [6, 6.07) is 7.71. The minimum absolute atomic E-state index is 0.0878. The summed E-state index contributed by atoms with van der Waals surface area (Å²) in [5.74, 6) is -3.95. The number of carbonyl (C=O) groups excluding carboxylic acids is 4. The predicted octanol–water partition coefficient (Wildman–Crippen LogP) is 6.66. The summed E-state index contributed by atoms with van der Waals surface area (Å²) in [7, 11) is 3.09. The fraction of sp³-hybridized carbons (Fsp3) is 0.500. The van der Waals surface area contributed by atoms with Gasteiger partial charge in [0.15, 0.2) is 17.4 Å². The normalized spacial score (nSPS) is 20.3. The van der Waals surface area contributed by atoms with Gasteiger partial charge >= 0.3 is 5.97 Å². The second-order valence-corrected chi connectivity index (χ2v) is 16.5. The third-order valence-corrected chi connectivity index (χ3v) is 11.3. The zero-order valence-electron chi connectivity index (χ0n) is 34.9. The largest absolute Gasteiger partial charge is 0.505 e. The highest BCUT2D eigenvalue weighted by atomic mass is 35.5. The molecule has 2 aromatic rings. The van der Waals surface area contributed by atoms with Gasteiger partial charge in [-0.1, -0.05) is 106 Å². The van der Waals surface area contributed by atoms with Crippen LogP contribution in [0, 0.1) is 11.8 Å². The maximum Gasteiger partial charge on any atom is 0.332 e. The summed E-state index contributed by atoms with van der Waals surface area (Å²) in [5, 5.41) is 26.7. The lowest BCUT2D eigenvalue weighted by molar-refractivity contribution is -0.162. The molecule has 9 atom stereocenters. The first-order valence-corrected chi connectivity index (χ1v) is 20.1. The number of epoxide rings is 1. The van der Waals surface area contributed by atoms with E-state index in [1.54, 1.807) is 50.5 Å². The van der Waals surface area contributed by atoms with Gasteiger partial charge in [0.05, 0.1) is 27.9 Å². The molecular weight excluding hydrogens is 785 g/mol. The van der Waals surface area contributed by atoms with Crippen LogP contribution >= 0.6 is 23.2 Å². The van der Waals surface area contributed by atoms with E-state index in [2.05, 4.69) is 23.8 Å². The first kappa shape index (κ1) is 48.2. The quantitative estimate of drug-likeness (QED) is 0.0466. The molecule has 1 fully saturated rings. The molecule has 0 aromatic heterocycles. The highest BCUT2D eigenvalue weighted by molar-refractivity contribution is 6.37. The minimum Gasteiger partial charge on any atom is -0.505 e. The molecule has 4 N–H and O–H groups in total. The van der Waals surface area contributed by atoms with Crippen LogP contribution in [0.5, 0.6) is 5.75 Å². The van der Waals surface area contributed by atoms with Crippen LogP contribution in [-0.2, 0) is 39.8 Å². The Morgan fingerprint density at radius 2 is 1.67 bits per heavy atom. The lowest BCUT2D eigenvalue weighted by Crippen LogP contribution is -2.61. The molecule has 1 heterocycles. The molecule has 0 saturated carbocycles. The smallest absolute Gasteiger partial charge is 0.332 e. The monoisotopic (exact) mass is 843 g/mol. The van der Waals surface area contributed by atoms with Gasteiger partial charge in [0.1, 0.15) is 18.2 Å².